The van der Waals surface area contributed by atoms with E-state index in [1.54, 1.807) is 0 Å². The Balaban J connectivity index is 1.24. The van der Waals surface area contributed by atoms with Crippen molar-refractivity contribution in [1.82, 2.24) is 14.7 Å². The van der Waals surface area contributed by atoms with Gasteiger partial charge in [0.1, 0.15) is 5.82 Å². The van der Waals surface area contributed by atoms with Crippen LogP contribution in [0.5, 0.6) is 0 Å². The van der Waals surface area contributed by atoms with E-state index in [0.29, 0.717) is 5.92 Å². The van der Waals surface area contributed by atoms with E-state index in [1.165, 1.54) is 22.7 Å². The summed E-state index contributed by atoms with van der Waals surface area (Å²) in [4.78, 5) is 19.4. The number of carbonyl (C=O) groups is 1. The molecule has 30 heavy (non-hydrogen) atoms. The molecule has 1 saturated heterocycles. The summed E-state index contributed by atoms with van der Waals surface area (Å²) in [7, 11) is 0. The van der Waals surface area contributed by atoms with Crippen molar-refractivity contribution < 1.29 is 4.79 Å². The highest BCUT2D eigenvalue weighted by Gasteiger charge is 2.22. The lowest BCUT2D eigenvalue weighted by Gasteiger charge is -2.31. The van der Waals surface area contributed by atoms with Gasteiger partial charge in [-0.25, -0.2) is 4.98 Å². The molecular formula is C24H28N4OS. The van der Waals surface area contributed by atoms with Crippen LogP contribution in [0.4, 0.5) is 5.13 Å². The predicted octanol–water partition coefficient (Wildman–Crippen LogP) is 4.39. The molecule has 4 rings (SSSR count). The number of piperidine rings is 1. The summed E-state index contributed by atoms with van der Waals surface area (Å²) in [5.74, 6) is 1.42. The third-order valence-corrected chi connectivity index (χ3v) is 6.51. The molecule has 156 valence electrons. The number of hydrogen-bond donors (Lipinski definition) is 1. The fraction of sp³-hybridized carbons (Fsp3) is 0.375. The number of carbonyl (C=O) groups excluding carboxylic acids is 1. The van der Waals surface area contributed by atoms with Crippen LogP contribution in [0.25, 0.3) is 0 Å². The average molecular weight is 421 g/mol. The second-order valence-corrected chi connectivity index (χ2v) is 8.89. The Kier molecular flexibility index (Phi) is 6.43. The first-order valence-corrected chi connectivity index (χ1v) is 11.3. The number of rotatable bonds is 6. The zero-order valence-corrected chi connectivity index (χ0v) is 18.4. The van der Waals surface area contributed by atoms with Gasteiger partial charge in [0.15, 0.2) is 0 Å². The summed E-state index contributed by atoms with van der Waals surface area (Å²) in [6.07, 6.45) is 2.89. The molecule has 0 bridgehead atoms. The van der Waals surface area contributed by atoms with Crippen molar-refractivity contribution in [2.75, 3.05) is 24.5 Å². The molecule has 0 spiro atoms. The van der Waals surface area contributed by atoms with Crippen LogP contribution in [0.1, 0.15) is 45.7 Å². The van der Waals surface area contributed by atoms with Gasteiger partial charge in [-0.1, -0.05) is 47.5 Å². The first-order chi connectivity index (χ1) is 14.6. The number of aromatic nitrogens is 2. The lowest BCUT2D eigenvalue weighted by atomic mass is 9.97. The van der Waals surface area contributed by atoms with Crippen molar-refractivity contribution in [2.45, 2.75) is 33.1 Å². The Bertz CT molecular complexity index is 973. The standard InChI is InChI=1S/C24H28N4OS/c1-17-3-7-19(8-4-17)15-22-26-24(30-27-22)28-13-11-20(12-14-28)16-25-23(29)21-9-5-18(2)6-10-21/h3-10,20H,11-16H2,1-2H3,(H,25,29). The van der Waals surface area contributed by atoms with Gasteiger partial charge in [-0.15, -0.1) is 0 Å². The van der Waals surface area contributed by atoms with Crippen molar-refractivity contribution in [3.05, 3.63) is 76.6 Å². The summed E-state index contributed by atoms with van der Waals surface area (Å²) in [6.45, 7) is 6.78. The molecule has 1 N–H and O–H groups in total. The second-order valence-electron chi connectivity index (χ2n) is 8.16. The first kappa shape index (κ1) is 20.5. The molecule has 0 atom stereocenters. The molecule has 2 aromatic carbocycles. The van der Waals surface area contributed by atoms with Gasteiger partial charge in [-0.3, -0.25) is 4.79 Å². The van der Waals surface area contributed by atoms with Crippen LogP contribution in [0.3, 0.4) is 0 Å². The van der Waals surface area contributed by atoms with E-state index in [0.717, 1.165) is 61.0 Å². The molecular weight excluding hydrogens is 392 g/mol. The monoisotopic (exact) mass is 420 g/mol. The zero-order chi connectivity index (χ0) is 20.9. The highest BCUT2D eigenvalue weighted by molar-refractivity contribution is 7.09. The fourth-order valence-corrected chi connectivity index (χ4v) is 4.44. The summed E-state index contributed by atoms with van der Waals surface area (Å²) < 4.78 is 4.56. The van der Waals surface area contributed by atoms with Gasteiger partial charge in [-0.05, 0) is 50.3 Å². The van der Waals surface area contributed by atoms with Crippen LogP contribution < -0.4 is 10.2 Å². The lowest BCUT2D eigenvalue weighted by Crippen LogP contribution is -2.38. The maximum absolute atomic E-state index is 12.3. The number of aryl methyl sites for hydroxylation is 2. The minimum atomic E-state index is 0.0160. The molecule has 1 aromatic heterocycles. The van der Waals surface area contributed by atoms with Gasteiger partial charge >= 0.3 is 0 Å². The van der Waals surface area contributed by atoms with E-state index in [4.69, 9.17) is 4.98 Å². The number of benzene rings is 2. The van der Waals surface area contributed by atoms with Gasteiger partial charge in [0, 0.05) is 43.2 Å². The Morgan fingerprint density at radius 1 is 1.03 bits per heavy atom. The lowest BCUT2D eigenvalue weighted by molar-refractivity contribution is 0.0945. The number of hydrogen-bond acceptors (Lipinski definition) is 5. The molecule has 1 aliphatic heterocycles. The average Bonchev–Trinajstić information content (AvgIpc) is 3.23. The van der Waals surface area contributed by atoms with Gasteiger partial charge in [0.05, 0.1) is 0 Å². The SMILES string of the molecule is Cc1ccc(Cc2nsc(N3CCC(CNC(=O)c4ccc(C)cc4)CC3)n2)cc1. The highest BCUT2D eigenvalue weighted by atomic mass is 32.1. The first-order valence-electron chi connectivity index (χ1n) is 10.5. The minimum absolute atomic E-state index is 0.0160. The second kappa shape index (κ2) is 9.39. The number of nitrogens with one attached hydrogen (secondary N) is 1. The number of anilines is 1. The van der Waals surface area contributed by atoms with E-state index >= 15 is 0 Å². The Hall–Kier alpha value is -2.73. The van der Waals surface area contributed by atoms with Crippen molar-refractivity contribution in [3.8, 4) is 0 Å². The minimum Gasteiger partial charge on any atom is -0.352 e. The van der Waals surface area contributed by atoms with Crippen LogP contribution in [0, 0.1) is 19.8 Å². The van der Waals surface area contributed by atoms with Crippen molar-refractivity contribution in [2.24, 2.45) is 5.92 Å². The molecule has 0 aliphatic carbocycles. The summed E-state index contributed by atoms with van der Waals surface area (Å²) in [5, 5.41) is 4.11. The fourth-order valence-electron chi connectivity index (χ4n) is 3.71. The van der Waals surface area contributed by atoms with Crippen molar-refractivity contribution in [3.63, 3.8) is 0 Å². The van der Waals surface area contributed by atoms with Crippen molar-refractivity contribution in [1.29, 1.82) is 0 Å². The van der Waals surface area contributed by atoms with Gasteiger partial charge in [0.25, 0.3) is 5.91 Å². The van der Waals surface area contributed by atoms with E-state index in [2.05, 4.69) is 45.8 Å². The number of amides is 1. The third-order valence-electron chi connectivity index (χ3n) is 5.69. The van der Waals surface area contributed by atoms with Crippen LogP contribution in [0.2, 0.25) is 0 Å². The Labute approximate surface area is 182 Å². The van der Waals surface area contributed by atoms with Crippen molar-refractivity contribution >= 4 is 22.6 Å². The molecule has 0 radical (unpaired) electrons. The van der Waals surface area contributed by atoms with Gasteiger partial charge in [-0.2, -0.15) is 4.37 Å². The van der Waals surface area contributed by atoms with Crippen LogP contribution in [0.15, 0.2) is 48.5 Å². The van der Waals surface area contributed by atoms with E-state index in [9.17, 15) is 4.79 Å². The zero-order valence-electron chi connectivity index (χ0n) is 17.6. The molecule has 0 saturated carbocycles. The van der Waals surface area contributed by atoms with Crippen LogP contribution >= 0.6 is 11.5 Å². The smallest absolute Gasteiger partial charge is 0.251 e. The summed E-state index contributed by atoms with van der Waals surface area (Å²) in [5.41, 5.74) is 4.40. The number of nitrogens with zero attached hydrogens (tertiary/aromatic N) is 3. The Morgan fingerprint density at radius 2 is 1.67 bits per heavy atom. The highest BCUT2D eigenvalue weighted by Crippen LogP contribution is 2.25. The summed E-state index contributed by atoms with van der Waals surface area (Å²) in [6, 6.07) is 16.3. The molecule has 1 amide bonds. The quantitative estimate of drug-likeness (QED) is 0.642. The molecule has 0 unspecified atom stereocenters. The third kappa shape index (κ3) is 5.25. The van der Waals surface area contributed by atoms with E-state index < -0.39 is 0 Å². The maximum Gasteiger partial charge on any atom is 0.251 e. The topological polar surface area (TPSA) is 58.1 Å². The van der Waals surface area contributed by atoms with E-state index in [-0.39, 0.29) is 5.91 Å². The van der Waals surface area contributed by atoms with Gasteiger partial charge in [0.2, 0.25) is 5.13 Å². The maximum atomic E-state index is 12.3. The molecule has 6 heteroatoms. The molecule has 1 fully saturated rings. The van der Waals surface area contributed by atoms with Crippen LogP contribution in [-0.4, -0.2) is 34.9 Å². The molecule has 3 aromatic rings. The van der Waals surface area contributed by atoms with E-state index in [1.807, 2.05) is 31.2 Å². The van der Waals surface area contributed by atoms with Crippen LogP contribution in [-0.2, 0) is 6.42 Å². The largest absolute Gasteiger partial charge is 0.352 e. The Morgan fingerprint density at radius 3 is 2.33 bits per heavy atom. The molecule has 5 nitrogen and oxygen atoms in total. The predicted molar refractivity (Wildman–Crippen MR) is 122 cm³/mol. The summed E-state index contributed by atoms with van der Waals surface area (Å²) >= 11 is 1.49. The molecule has 2 heterocycles. The normalized spacial score (nSPS) is 14.7. The van der Waals surface area contributed by atoms with Gasteiger partial charge < -0.3 is 10.2 Å². The molecule has 1 aliphatic rings.